The molecule has 0 spiro atoms. The van der Waals surface area contributed by atoms with Gasteiger partial charge in [-0.1, -0.05) is 53.2 Å². The van der Waals surface area contributed by atoms with Crippen LogP contribution in [0, 0.1) is 0 Å². The number of thiazole rings is 1. The molecule has 1 heterocycles. The number of ketones is 1. The number of Topliss-reactive ketones (excluding diaryl/α,β-unsaturated/α-hetero) is 1. The summed E-state index contributed by atoms with van der Waals surface area (Å²) in [6.07, 6.45) is 0. The number of nitrogens with zero attached hydrogens (tertiary/aromatic N) is 3. The van der Waals surface area contributed by atoms with E-state index in [2.05, 4.69) is 34.7 Å². The van der Waals surface area contributed by atoms with Gasteiger partial charge in [0.25, 0.3) is 5.91 Å². The molecule has 29 heavy (non-hydrogen) atoms. The molecular formula is C22H24BrN3O2S. The average molecular weight is 474 g/mol. The second kappa shape index (κ2) is 9.61. The summed E-state index contributed by atoms with van der Waals surface area (Å²) < 4.78 is 2.02. The van der Waals surface area contributed by atoms with Gasteiger partial charge >= 0.3 is 0 Å². The number of aromatic nitrogens is 1. The van der Waals surface area contributed by atoms with Crippen molar-refractivity contribution in [1.82, 2.24) is 9.88 Å². The highest BCUT2D eigenvalue weighted by Gasteiger charge is 2.22. The fourth-order valence-corrected chi connectivity index (χ4v) is 4.61. The lowest BCUT2D eigenvalue weighted by Crippen LogP contribution is -2.38. The maximum absolute atomic E-state index is 13.3. The number of carbonyl (C=O) groups is 2. The Hall–Kier alpha value is -2.09. The molecule has 2 aromatic carbocycles. The number of hydrogen-bond acceptors (Lipinski definition) is 5. The molecular weight excluding hydrogens is 450 g/mol. The van der Waals surface area contributed by atoms with Crippen molar-refractivity contribution >= 4 is 54.3 Å². The Balaban J connectivity index is 1.94. The Bertz CT molecular complexity index is 1010. The van der Waals surface area contributed by atoms with Crippen LogP contribution in [0.2, 0.25) is 0 Å². The van der Waals surface area contributed by atoms with E-state index in [0.29, 0.717) is 22.8 Å². The number of benzene rings is 2. The van der Waals surface area contributed by atoms with Gasteiger partial charge in [-0.25, -0.2) is 4.98 Å². The standard InChI is InChI=1S/C22H24BrN3O2S/c1-4-25(5-2)12-13-26(21(28)17-8-6-16(7-9-17)15(3)27)22-24-19-11-10-18(23)14-20(19)29-22/h6-11,14H,4-5,12-13H2,1-3H3. The molecule has 7 heteroatoms. The third-order valence-electron chi connectivity index (χ3n) is 4.89. The summed E-state index contributed by atoms with van der Waals surface area (Å²) in [7, 11) is 0. The SMILES string of the molecule is CCN(CC)CCN(C(=O)c1ccc(C(C)=O)cc1)c1nc2ccc(Br)cc2s1. The summed E-state index contributed by atoms with van der Waals surface area (Å²) in [6, 6.07) is 12.8. The molecule has 5 nitrogen and oxygen atoms in total. The van der Waals surface area contributed by atoms with Crippen LogP contribution in [0.1, 0.15) is 41.5 Å². The fourth-order valence-electron chi connectivity index (χ4n) is 3.07. The van der Waals surface area contributed by atoms with Gasteiger partial charge in [0, 0.05) is 28.7 Å². The van der Waals surface area contributed by atoms with Crippen LogP contribution in [0.4, 0.5) is 5.13 Å². The van der Waals surface area contributed by atoms with Crippen molar-refractivity contribution in [3.63, 3.8) is 0 Å². The van der Waals surface area contributed by atoms with Crippen LogP contribution in [-0.4, -0.2) is 47.8 Å². The highest BCUT2D eigenvalue weighted by molar-refractivity contribution is 9.10. The van der Waals surface area contributed by atoms with E-state index in [1.807, 2.05) is 18.2 Å². The molecule has 0 aliphatic heterocycles. The van der Waals surface area contributed by atoms with E-state index in [-0.39, 0.29) is 11.7 Å². The summed E-state index contributed by atoms with van der Waals surface area (Å²) in [5.74, 6) is -0.121. The molecule has 3 aromatic rings. The van der Waals surface area contributed by atoms with Crippen molar-refractivity contribution in [2.45, 2.75) is 20.8 Å². The van der Waals surface area contributed by atoms with Gasteiger partial charge in [0.2, 0.25) is 0 Å². The second-order valence-electron chi connectivity index (χ2n) is 6.73. The first-order valence-corrected chi connectivity index (χ1v) is 11.2. The van der Waals surface area contributed by atoms with Gasteiger partial charge in [0.05, 0.1) is 10.2 Å². The van der Waals surface area contributed by atoms with Gasteiger partial charge in [-0.2, -0.15) is 0 Å². The van der Waals surface area contributed by atoms with Gasteiger partial charge < -0.3 is 4.90 Å². The smallest absolute Gasteiger partial charge is 0.260 e. The maximum Gasteiger partial charge on any atom is 0.260 e. The zero-order valence-electron chi connectivity index (χ0n) is 16.8. The highest BCUT2D eigenvalue weighted by Crippen LogP contribution is 2.31. The lowest BCUT2D eigenvalue weighted by atomic mass is 10.1. The molecule has 0 aliphatic rings. The molecule has 0 N–H and O–H groups in total. The Kier molecular flexibility index (Phi) is 7.16. The molecule has 152 valence electrons. The molecule has 0 atom stereocenters. The summed E-state index contributed by atoms with van der Waals surface area (Å²) >= 11 is 5.00. The van der Waals surface area contributed by atoms with Gasteiger partial charge in [-0.15, -0.1) is 0 Å². The predicted molar refractivity (Wildman–Crippen MR) is 123 cm³/mol. The van der Waals surface area contributed by atoms with Crippen molar-refractivity contribution in [3.8, 4) is 0 Å². The Labute approximate surface area is 183 Å². The van der Waals surface area contributed by atoms with Crippen LogP contribution in [-0.2, 0) is 0 Å². The van der Waals surface area contributed by atoms with Crippen LogP contribution in [0.5, 0.6) is 0 Å². The summed E-state index contributed by atoms with van der Waals surface area (Å²) in [5.41, 5.74) is 2.02. The summed E-state index contributed by atoms with van der Waals surface area (Å²) in [5, 5.41) is 0.686. The van der Waals surface area contributed by atoms with Crippen LogP contribution >= 0.6 is 27.3 Å². The average Bonchev–Trinajstić information content (AvgIpc) is 3.13. The zero-order chi connectivity index (χ0) is 21.0. The van der Waals surface area contributed by atoms with Crippen LogP contribution < -0.4 is 4.90 Å². The minimum Gasteiger partial charge on any atom is -0.302 e. The molecule has 0 saturated carbocycles. The van der Waals surface area contributed by atoms with Crippen molar-refractivity contribution in [2.24, 2.45) is 0 Å². The number of amides is 1. The largest absolute Gasteiger partial charge is 0.302 e. The topological polar surface area (TPSA) is 53.5 Å². The van der Waals surface area contributed by atoms with E-state index in [1.54, 1.807) is 29.2 Å². The fraction of sp³-hybridized carbons (Fsp3) is 0.318. The van der Waals surface area contributed by atoms with Gasteiger partial charge in [-0.3, -0.25) is 14.5 Å². The second-order valence-corrected chi connectivity index (χ2v) is 8.65. The van der Waals surface area contributed by atoms with E-state index in [1.165, 1.54) is 18.3 Å². The summed E-state index contributed by atoms with van der Waals surface area (Å²) in [6.45, 7) is 8.93. The zero-order valence-corrected chi connectivity index (χ0v) is 19.2. The number of hydrogen-bond donors (Lipinski definition) is 0. The molecule has 0 saturated heterocycles. The Morgan fingerprint density at radius 3 is 2.28 bits per heavy atom. The number of fused-ring (bicyclic) bond motifs is 1. The number of halogens is 1. The highest BCUT2D eigenvalue weighted by atomic mass is 79.9. The van der Waals surface area contributed by atoms with Crippen molar-refractivity contribution in [3.05, 3.63) is 58.1 Å². The Morgan fingerprint density at radius 1 is 1.00 bits per heavy atom. The van der Waals surface area contributed by atoms with Crippen LogP contribution in [0.3, 0.4) is 0 Å². The predicted octanol–water partition coefficient (Wildman–Crippen LogP) is 5.25. The molecule has 0 bridgehead atoms. The van der Waals surface area contributed by atoms with E-state index in [0.717, 1.165) is 34.3 Å². The molecule has 1 aromatic heterocycles. The summed E-state index contributed by atoms with van der Waals surface area (Å²) in [4.78, 5) is 33.6. The van der Waals surface area contributed by atoms with Gasteiger partial charge in [-0.05, 0) is 50.3 Å². The lowest BCUT2D eigenvalue weighted by Gasteiger charge is -2.24. The third-order valence-corrected chi connectivity index (χ3v) is 6.42. The van der Waals surface area contributed by atoms with E-state index in [4.69, 9.17) is 4.98 Å². The first-order valence-electron chi connectivity index (χ1n) is 9.64. The molecule has 0 unspecified atom stereocenters. The van der Waals surface area contributed by atoms with Gasteiger partial charge in [0.15, 0.2) is 10.9 Å². The van der Waals surface area contributed by atoms with Crippen LogP contribution in [0.25, 0.3) is 10.2 Å². The quantitative estimate of drug-likeness (QED) is 0.419. The van der Waals surface area contributed by atoms with E-state index in [9.17, 15) is 9.59 Å². The monoisotopic (exact) mass is 473 g/mol. The number of anilines is 1. The number of rotatable bonds is 8. The molecule has 3 rings (SSSR count). The minimum atomic E-state index is -0.106. The first-order chi connectivity index (χ1) is 13.9. The minimum absolute atomic E-state index is 0.0147. The van der Waals surface area contributed by atoms with Crippen molar-refractivity contribution in [2.75, 3.05) is 31.1 Å². The van der Waals surface area contributed by atoms with Gasteiger partial charge in [0.1, 0.15) is 0 Å². The van der Waals surface area contributed by atoms with E-state index >= 15 is 0 Å². The number of carbonyl (C=O) groups excluding carboxylic acids is 2. The first kappa shape index (κ1) is 21.6. The van der Waals surface area contributed by atoms with Crippen molar-refractivity contribution in [1.29, 1.82) is 0 Å². The normalized spacial score (nSPS) is 11.2. The third kappa shape index (κ3) is 5.10. The molecule has 0 aliphatic carbocycles. The van der Waals surface area contributed by atoms with Crippen LogP contribution in [0.15, 0.2) is 46.9 Å². The molecule has 1 amide bonds. The molecule has 0 radical (unpaired) electrons. The van der Waals surface area contributed by atoms with Crippen molar-refractivity contribution < 1.29 is 9.59 Å². The Morgan fingerprint density at radius 2 is 1.66 bits per heavy atom. The number of likely N-dealkylation sites (N-methyl/N-ethyl adjacent to an activating group) is 1. The maximum atomic E-state index is 13.3. The lowest BCUT2D eigenvalue weighted by molar-refractivity contribution is 0.0980. The molecule has 0 fully saturated rings. The van der Waals surface area contributed by atoms with E-state index < -0.39 is 0 Å².